The molecule has 0 aliphatic carbocycles. The Balaban J connectivity index is 1.51. The van der Waals surface area contributed by atoms with Gasteiger partial charge in [0.2, 0.25) is 0 Å². The largest absolute Gasteiger partial charge is 0.480 e. The zero-order valence-electron chi connectivity index (χ0n) is 15.2. The Kier molecular flexibility index (Phi) is 4.83. The number of hydrogen-bond donors (Lipinski definition) is 2. The molecule has 7 nitrogen and oxygen atoms in total. The number of carboxylic acid groups (broad SMARTS) is 1. The molecular weight excluding hydrogens is 344 g/mol. The Morgan fingerprint density at radius 1 is 1.26 bits per heavy atom. The maximum absolute atomic E-state index is 13.2. The molecule has 2 N–H and O–H groups in total. The molecule has 2 aromatic rings. The summed E-state index contributed by atoms with van der Waals surface area (Å²) >= 11 is 0. The number of benzene rings is 1. The van der Waals surface area contributed by atoms with Gasteiger partial charge in [0.25, 0.3) is 5.91 Å². The first-order chi connectivity index (χ1) is 13.1. The first-order valence-electron chi connectivity index (χ1n) is 9.52. The Morgan fingerprint density at radius 3 is 3.00 bits per heavy atom. The fraction of sp³-hybridized carbons (Fsp3) is 0.450. The van der Waals surface area contributed by atoms with Crippen LogP contribution < -0.4 is 5.32 Å². The molecule has 1 saturated heterocycles. The number of aryl methyl sites for hydroxylation is 1. The number of nitrogens with zero attached hydrogens (tertiary/aromatic N) is 3. The number of para-hydroxylation sites is 1. The topological polar surface area (TPSA) is 87.5 Å². The van der Waals surface area contributed by atoms with Crippen LogP contribution in [-0.4, -0.2) is 51.3 Å². The molecule has 142 valence electrons. The zero-order chi connectivity index (χ0) is 18.8. The molecular formula is C20H24N4O3. The molecule has 0 radical (unpaired) electrons. The minimum absolute atomic E-state index is 0.0657. The number of piperidine rings is 1. The lowest BCUT2D eigenvalue weighted by atomic mass is 9.93. The van der Waals surface area contributed by atoms with E-state index in [4.69, 9.17) is 5.11 Å². The maximum atomic E-state index is 13.2. The highest BCUT2D eigenvalue weighted by Crippen LogP contribution is 2.30. The first-order valence-corrected chi connectivity index (χ1v) is 9.52. The Labute approximate surface area is 158 Å². The Bertz CT molecular complexity index is 861. The van der Waals surface area contributed by atoms with E-state index in [0.29, 0.717) is 6.54 Å². The third-order valence-corrected chi connectivity index (χ3v) is 5.39. The van der Waals surface area contributed by atoms with Crippen molar-refractivity contribution in [3.63, 3.8) is 0 Å². The number of hydrogen-bond acceptors (Lipinski definition) is 4. The van der Waals surface area contributed by atoms with E-state index in [1.807, 2.05) is 23.1 Å². The van der Waals surface area contributed by atoms with E-state index < -0.39 is 5.97 Å². The summed E-state index contributed by atoms with van der Waals surface area (Å²) in [4.78, 5) is 25.9. The van der Waals surface area contributed by atoms with E-state index in [1.165, 1.54) is 10.2 Å². The van der Waals surface area contributed by atoms with Gasteiger partial charge in [-0.15, -0.1) is 0 Å². The average Bonchev–Trinajstić information content (AvgIpc) is 3.15. The predicted octanol–water partition coefficient (Wildman–Crippen LogP) is 2.35. The van der Waals surface area contributed by atoms with Gasteiger partial charge in [-0.25, -0.2) is 0 Å². The van der Waals surface area contributed by atoms with Crippen molar-refractivity contribution in [2.24, 2.45) is 0 Å². The number of amides is 1. The molecule has 27 heavy (non-hydrogen) atoms. The van der Waals surface area contributed by atoms with Gasteiger partial charge in [-0.2, -0.15) is 5.10 Å². The molecule has 2 aliphatic rings. The summed E-state index contributed by atoms with van der Waals surface area (Å²) < 4.78 is 1.44. The quantitative estimate of drug-likeness (QED) is 0.865. The molecule has 1 amide bonds. The lowest BCUT2D eigenvalue weighted by Gasteiger charge is -2.33. The number of carbonyl (C=O) groups excluding carboxylic acids is 1. The standard InChI is InChI=1S/C20H24N4O3/c25-18(26)13-24-11-8-17(22-24)15-6-3-10-23(12-15)20(27)16-7-1-4-14-5-2-9-21-19(14)16/h1,4,7-8,11,15,21H,2-3,5-6,9-10,12-13H2,(H,25,26). The van der Waals surface area contributed by atoms with Gasteiger partial charge < -0.3 is 15.3 Å². The van der Waals surface area contributed by atoms with E-state index in [1.54, 1.807) is 6.20 Å². The number of rotatable bonds is 4. The third-order valence-electron chi connectivity index (χ3n) is 5.39. The molecule has 1 aromatic carbocycles. The van der Waals surface area contributed by atoms with Crippen LogP contribution in [0.5, 0.6) is 0 Å². The number of aromatic nitrogens is 2. The fourth-order valence-electron chi connectivity index (χ4n) is 4.08. The van der Waals surface area contributed by atoms with E-state index in [-0.39, 0.29) is 18.4 Å². The van der Waals surface area contributed by atoms with E-state index >= 15 is 0 Å². The van der Waals surface area contributed by atoms with Crippen LogP contribution in [0, 0.1) is 0 Å². The highest BCUT2D eigenvalue weighted by atomic mass is 16.4. The van der Waals surface area contributed by atoms with Crippen molar-refractivity contribution in [2.75, 3.05) is 25.0 Å². The van der Waals surface area contributed by atoms with Crippen molar-refractivity contribution in [3.8, 4) is 0 Å². The number of aliphatic carboxylic acids is 1. The summed E-state index contributed by atoms with van der Waals surface area (Å²) in [6.45, 7) is 2.12. The van der Waals surface area contributed by atoms with Gasteiger partial charge in [0.05, 0.1) is 16.9 Å². The monoisotopic (exact) mass is 368 g/mol. The van der Waals surface area contributed by atoms with Crippen LogP contribution in [0.4, 0.5) is 5.69 Å². The van der Waals surface area contributed by atoms with Gasteiger partial charge in [-0.1, -0.05) is 12.1 Å². The van der Waals surface area contributed by atoms with Crippen LogP contribution in [0.2, 0.25) is 0 Å². The zero-order valence-corrected chi connectivity index (χ0v) is 15.2. The summed E-state index contributed by atoms with van der Waals surface area (Å²) in [7, 11) is 0. The highest BCUT2D eigenvalue weighted by Gasteiger charge is 2.29. The van der Waals surface area contributed by atoms with Gasteiger partial charge >= 0.3 is 5.97 Å². The summed E-state index contributed by atoms with van der Waals surface area (Å²) in [6.07, 6.45) is 5.67. The van der Waals surface area contributed by atoms with Crippen molar-refractivity contribution in [1.82, 2.24) is 14.7 Å². The van der Waals surface area contributed by atoms with Gasteiger partial charge in [-0.05, 0) is 43.4 Å². The van der Waals surface area contributed by atoms with Crippen molar-refractivity contribution in [1.29, 1.82) is 0 Å². The molecule has 1 unspecified atom stereocenters. The molecule has 1 fully saturated rings. The average molecular weight is 368 g/mol. The minimum atomic E-state index is -0.911. The number of fused-ring (bicyclic) bond motifs is 1. The lowest BCUT2D eigenvalue weighted by molar-refractivity contribution is -0.137. The number of carboxylic acids is 1. The number of nitrogens with one attached hydrogen (secondary N) is 1. The Morgan fingerprint density at radius 2 is 2.15 bits per heavy atom. The van der Waals surface area contributed by atoms with Gasteiger partial charge in [0, 0.05) is 31.7 Å². The second kappa shape index (κ2) is 7.42. The summed E-state index contributed by atoms with van der Waals surface area (Å²) in [5.74, 6) is -0.701. The molecule has 1 atom stereocenters. The van der Waals surface area contributed by atoms with Gasteiger partial charge in [0.15, 0.2) is 0 Å². The lowest BCUT2D eigenvalue weighted by Crippen LogP contribution is -2.39. The van der Waals surface area contributed by atoms with Crippen LogP contribution >= 0.6 is 0 Å². The summed E-state index contributed by atoms with van der Waals surface area (Å²) in [6, 6.07) is 7.83. The molecule has 4 rings (SSSR count). The second-order valence-corrected chi connectivity index (χ2v) is 7.29. The molecule has 3 heterocycles. The van der Waals surface area contributed by atoms with Crippen LogP contribution in [0.25, 0.3) is 0 Å². The number of carbonyl (C=O) groups is 2. The SMILES string of the molecule is O=C(O)Cn1ccc(C2CCCN(C(=O)c3cccc4c3NCCC4)C2)n1. The predicted molar refractivity (Wildman–Crippen MR) is 101 cm³/mol. The molecule has 0 saturated carbocycles. The number of anilines is 1. The van der Waals surface area contributed by atoms with Gasteiger partial charge in [-0.3, -0.25) is 14.3 Å². The van der Waals surface area contributed by atoms with E-state index in [2.05, 4.69) is 16.5 Å². The van der Waals surface area contributed by atoms with Crippen LogP contribution in [0.15, 0.2) is 30.5 Å². The molecule has 1 aromatic heterocycles. The van der Waals surface area contributed by atoms with E-state index in [9.17, 15) is 9.59 Å². The summed E-state index contributed by atoms with van der Waals surface area (Å²) in [5, 5.41) is 16.7. The smallest absolute Gasteiger partial charge is 0.325 e. The molecule has 0 bridgehead atoms. The van der Waals surface area contributed by atoms with Crippen molar-refractivity contribution >= 4 is 17.6 Å². The third kappa shape index (κ3) is 3.67. The summed E-state index contributed by atoms with van der Waals surface area (Å²) in [5.41, 5.74) is 3.82. The maximum Gasteiger partial charge on any atom is 0.325 e. The normalized spacial score (nSPS) is 19.3. The fourth-order valence-corrected chi connectivity index (χ4v) is 4.08. The van der Waals surface area contributed by atoms with Crippen LogP contribution in [0.3, 0.4) is 0 Å². The van der Waals surface area contributed by atoms with Gasteiger partial charge in [0.1, 0.15) is 6.54 Å². The Hall–Kier alpha value is -2.83. The second-order valence-electron chi connectivity index (χ2n) is 7.29. The molecule has 7 heteroatoms. The highest BCUT2D eigenvalue weighted by molar-refractivity contribution is 6.00. The van der Waals surface area contributed by atoms with Crippen LogP contribution in [0.1, 0.15) is 46.8 Å². The molecule has 2 aliphatic heterocycles. The van der Waals surface area contributed by atoms with Crippen LogP contribution in [-0.2, 0) is 17.8 Å². The number of likely N-dealkylation sites (tertiary alicyclic amines) is 1. The van der Waals surface area contributed by atoms with Crippen molar-refractivity contribution in [2.45, 2.75) is 38.1 Å². The van der Waals surface area contributed by atoms with Crippen molar-refractivity contribution in [3.05, 3.63) is 47.3 Å². The van der Waals surface area contributed by atoms with E-state index in [0.717, 1.165) is 55.7 Å². The van der Waals surface area contributed by atoms with Crippen molar-refractivity contribution < 1.29 is 14.7 Å². The minimum Gasteiger partial charge on any atom is -0.480 e. The first kappa shape index (κ1) is 17.6. The molecule has 0 spiro atoms.